The first-order valence-corrected chi connectivity index (χ1v) is 8.30. The van der Waals surface area contributed by atoms with Crippen molar-refractivity contribution in [2.45, 2.75) is 20.0 Å². The highest BCUT2D eigenvalue weighted by Gasteiger charge is 2.23. The first-order chi connectivity index (χ1) is 11.0. The maximum absolute atomic E-state index is 6.05. The van der Waals surface area contributed by atoms with Crippen molar-refractivity contribution in [1.29, 1.82) is 0 Å². The Hall–Kier alpha value is -1.78. The van der Waals surface area contributed by atoms with E-state index < -0.39 is 0 Å². The zero-order valence-electron chi connectivity index (χ0n) is 13.5. The summed E-state index contributed by atoms with van der Waals surface area (Å²) in [6, 6.07) is 10.3. The third-order valence-electron chi connectivity index (χ3n) is 4.27. The molecule has 2 heterocycles. The largest absolute Gasteiger partial charge is 0.382 e. The molecule has 0 bridgehead atoms. The monoisotopic (exact) mass is 331 g/mol. The van der Waals surface area contributed by atoms with Crippen LogP contribution in [0, 0.1) is 5.92 Å². The van der Waals surface area contributed by atoms with Gasteiger partial charge in [0.2, 0.25) is 0 Å². The Kier molecular flexibility index (Phi) is 4.74. The molecule has 1 aliphatic rings. The predicted octanol–water partition coefficient (Wildman–Crippen LogP) is 3.85. The van der Waals surface area contributed by atoms with Crippen LogP contribution in [0.25, 0.3) is 11.1 Å². The lowest BCUT2D eigenvalue weighted by Crippen LogP contribution is -2.44. The van der Waals surface area contributed by atoms with Gasteiger partial charge in [0, 0.05) is 30.5 Å². The molecule has 2 N–H and O–H groups in total. The van der Waals surface area contributed by atoms with Crippen molar-refractivity contribution < 1.29 is 4.74 Å². The van der Waals surface area contributed by atoms with Gasteiger partial charge in [0.1, 0.15) is 5.82 Å². The fourth-order valence-electron chi connectivity index (χ4n) is 2.78. The smallest absolute Gasteiger partial charge is 0.142 e. The summed E-state index contributed by atoms with van der Waals surface area (Å²) in [5.74, 6) is 0.889. The third-order valence-corrected chi connectivity index (χ3v) is 4.58. The van der Waals surface area contributed by atoms with Gasteiger partial charge in [0.05, 0.1) is 17.7 Å². The van der Waals surface area contributed by atoms with Crippen LogP contribution in [0.15, 0.2) is 36.5 Å². The van der Waals surface area contributed by atoms with E-state index in [0.29, 0.717) is 22.9 Å². The van der Waals surface area contributed by atoms with Crippen LogP contribution in [0.2, 0.25) is 5.02 Å². The van der Waals surface area contributed by atoms with E-state index in [9.17, 15) is 0 Å². The molecule has 1 aromatic carbocycles. The van der Waals surface area contributed by atoms with Gasteiger partial charge in [-0.2, -0.15) is 0 Å². The van der Waals surface area contributed by atoms with Gasteiger partial charge in [0.15, 0.2) is 0 Å². The van der Waals surface area contributed by atoms with Gasteiger partial charge in [-0.3, -0.25) is 0 Å². The molecule has 0 amide bonds. The standard InChI is InChI=1S/C18H22ClN3O/c1-12(2)17-11-22(7-8-23-17)15-5-3-13(4-6-15)14-9-16(19)18(20)21-10-14/h3-6,9-10,12,17H,7-8,11H2,1-2H3,(H2,20,21)/t17-/m1/s1. The lowest BCUT2D eigenvalue weighted by Gasteiger charge is -2.36. The summed E-state index contributed by atoms with van der Waals surface area (Å²) >= 11 is 6.05. The highest BCUT2D eigenvalue weighted by atomic mass is 35.5. The van der Waals surface area contributed by atoms with Crippen molar-refractivity contribution in [3.63, 3.8) is 0 Å². The van der Waals surface area contributed by atoms with Crippen LogP contribution in [-0.2, 0) is 4.74 Å². The minimum Gasteiger partial charge on any atom is -0.382 e. The van der Waals surface area contributed by atoms with Gasteiger partial charge >= 0.3 is 0 Å². The lowest BCUT2D eigenvalue weighted by molar-refractivity contribution is 0.0114. The second-order valence-electron chi connectivity index (χ2n) is 6.24. The maximum atomic E-state index is 6.05. The van der Waals surface area contributed by atoms with Crippen molar-refractivity contribution in [1.82, 2.24) is 4.98 Å². The van der Waals surface area contributed by atoms with Gasteiger partial charge in [-0.15, -0.1) is 0 Å². The van der Waals surface area contributed by atoms with E-state index in [4.69, 9.17) is 22.1 Å². The topological polar surface area (TPSA) is 51.4 Å². The van der Waals surface area contributed by atoms with Gasteiger partial charge in [-0.1, -0.05) is 37.6 Å². The fourth-order valence-corrected chi connectivity index (χ4v) is 2.95. The highest BCUT2D eigenvalue weighted by molar-refractivity contribution is 6.33. The van der Waals surface area contributed by atoms with Gasteiger partial charge in [-0.25, -0.2) is 4.98 Å². The number of aromatic nitrogens is 1. The molecule has 0 unspecified atom stereocenters. The van der Waals surface area contributed by atoms with Crippen molar-refractivity contribution >= 4 is 23.1 Å². The molecule has 122 valence electrons. The molecule has 0 radical (unpaired) electrons. The summed E-state index contributed by atoms with van der Waals surface area (Å²) in [6.07, 6.45) is 2.04. The van der Waals surface area contributed by atoms with E-state index in [1.165, 1.54) is 5.69 Å². The SMILES string of the molecule is CC(C)[C@H]1CN(c2ccc(-c3cnc(N)c(Cl)c3)cc2)CCO1. The number of anilines is 2. The quantitative estimate of drug-likeness (QED) is 0.928. The fraction of sp³-hybridized carbons (Fsp3) is 0.389. The number of morpholine rings is 1. The van der Waals surface area contributed by atoms with E-state index in [1.807, 2.05) is 6.07 Å². The number of hydrogen-bond acceptors (Lipinski definition) is 4. The lowest BCUT2D eigenvalue weighted by atomic mass is 10.0. The van der Waals surface area contributed by atoms with Crippen LogP contribution in [0.5, 0.6) is 0 Å². The van der Waals surface area contributed by atoms with Crippen molar-refractivity contribution in [3.8, 4) is 11.1 Å². The average molecular weight is 332 g/mol. The Morgan fingerprint density at radius 3 is 2.65 bits per heavy atom. The Bertz CT molecular complexity index is 672. The Morgan fingerprint density at radius 1 is 1.26 bits per heavy atom. The Morgan fingerprint density at radius 2 is 2.00 bits per heavy atom. The minimum atomic E-state index is 0.295. The van der Waals surface area contributed by atoms with E-state index in [1.54, 1.807) is 6.20 Å². The molecule has 1 aromatic heterocycles. The van der Waals surface area contributed by atoms with Crippen LogP contribution in [-0.4, -0.2) is 30.8 Å². The minimum absolute atomic E-state index is 0.295. The average Bonchev–Trinajstić information content (AvgIpc) is 2.57. The predicted molar refractivity (Wildman–Crippen MR) is 95.9 cm³/mol. The molecule has 2 aromatic rings. The van der Waals surface area contributed by atoms with Crippen LogP contribution >= 0.6 is 11.6 Å². The number of nitrogens with two attached hydrogens (primary N) is 1. The van der Waals surface area contributed by atoms with Crippen molar-refractivity contribution in [2.75, 3.05) is 30.3 Å². The van der Waals surface area contributed by atoms with Gasteiger partial charge < -0.3 is 15.4 Å². The number of nitrogen functional groups attached to an aromatic ring is 1. The zero-order valence-corrected chi connectivity index (χ0v) is 14.3. The molecule has 0 spiro atoms. The molecular formula is C18H22ClN3O. The highest BCUT2D eigenvalue weighted by Crippen LogP contribution is 2.28. The molecule has 0 aliphatic carbocycles. The number of ether oxygens (including phenoxy) is 1. The number of pyridine rings is 1. The number of hydrogen-bond donors (Lipinski definition) is 1. The summed E-state index contributed by atoms with van der Waals surface area (Å²) in [6.45, 7) is 7.05. The molecule has 1 aliphatic heterocycles. The Balaban J connectivity index is 1.77. The normalized spacial score (nSPS) is 18.4. The summed E-state index contributed by atoms with van der Waals surface area (Å²) in [5.41, 5.74) is 8.93. The number of nitrogens with zero attached hydrogens (tertiary/aromatic N) is 2. The molecule has 1 atom stereocenters. The molecule has 5 heteroatoms. The van der Waals surface area contributed by atoms with E-state index in [2.05, 4.69) is 48.0 Å². The molecular weight excluding hydrogens is 310 g/mol. The molecule has 1 fully saturated rings. The van der Waals surface area contributed by atoms with Crippen LogP contribution in [0.4, 0.5) is 11.5 Å². The van der Waals surface area contributed by atoms with E-state index in [-0.39, 0.29) is 0 Å². The molecule has 23 heavy (non-hydrogen) atoms. The van der Waals surface area contributed by atoms with Gasteiger partial charge in [-0.05, 0) is 29.7 Å². The van der Waals surface area contributed by atoms with Gasteiger partial charge in [0.25, 0.3) is 0 Å². The molecule has 3 rings (SSSR count). The van der Waals surface area contributed by atoms with Crippen LogP contribution in [0.1, 0.15) is 13.8 Å². The van der Waals surface area contributed by atoms with Crippen LogP contribution < -0.4 is 10.6 Å². The summed E-state index contributed by atoms with van der Waals surface area (Å²) in [5, 5.41) is 0.486. The zero-order chi connectivity index (χ0) is 16.4. The molecule has 1 saturated heterocycles. The van der Waals surface area contributed by atoms with Crippen molar-refractivity contribution in [2.24, 2.45) is 5.92 Å². The molecule has 0 saturated carbocycles. The van der Waals surface area contributed by atoms with Crippen LogP contribution in [0.3, 0.4) is 0 Å². The number of benzene rings is 1. The summed E-state index contributed by atoms with van der Waals surface area (Å²) < 4.78 is 5.83. The summed E-state index contributed by atoms with van der Waals surface area (Å²) in [4.78, 5) is 6.50. The first-order valence-electron chi connectivity index (χ1n) is 7.92. The number of halogens is 1. The van der Waals surface area contributed by atoms with Crippen molar-refractivity contribution in [3.05, 3.63) is 41.6 Å². The number of rotatable bonds is 3. The Labute approximate surface area is 142 Å². The van der Waals surface area contributed by atoms with E-state index in [0.717, 1.165) is 30.8 Å². The van der Waals surface area contributed by atoms with E-state index >= 15 is 0 Å². The second-order valence-corrected chi connectivity index (χ2v) is 6.64. The second kappa shape index (κ2) is 6.77. The third kappa shape index (κ3) is 3.59. The summed E-state index contributed by atoms with van der Waals surface area (Å²) in [7, 11) is 0. The molecule has 4 nitrogen and oxygen atoms in total. The first kappa shape index (κ1) is 16.1. The maximum Gasteiger partial charge on any atom is 0.142 e.